The van der Waals surface area contributed by atoms with Crippen molar-refractivity contribution in [2.75, 3.05) is 11.9 Å². The molecule has 0 aliphatic rings. The molecule has 0 unspecified atom stereocenters. The van der Waals surface area contributed by atoms with Crippen molar-refractivity contribution in [3.63, 3.8) is 0 Å². The second-order valence-electron chi connectivity index (χ2n) is 6.89. The monoisotopic (exact) mass is 409 g/mol. The topological polar surface area (TPSA) is 38.1 Å². The first-order valence-electron chi connectivity index (χ1n) is 9.26. The Kier molecular flexibility index (Phi) is 4.81. The minimum atomic E-state index is -4.74. The van der Waals surface area contributed by atoms with Crippen molar-refractivity contribution in [3.05, 3.63) is 94.4 Å². The van der Waals surface area contributed by atoms with Crippen LogP contribution in [0.2, 0.25) is 0 Å². The van der Waals surface area contributed by atoms with Crippen LogP contribution in [0.25, 0.3) is 16.6 Å². The number of fused-ring (bicyclic) bond motifs is 1. The van der Waals surface area contributed by atoms with Crippen LogP contribution in [-0.2, 0) is 6.18 Å². The number of pyridine rings is 2. The maximum Gasteiger partial charge on any atom is 0.434 e. The molecule has 0 aliphatic heterocycles. The van der Waals surface area contributed by atoms with E-state index in [-0.39, 0.29) is 11.1 Å². The highest BCUT2D eigenvalue weighted by Gasteiger charge is 2.37. The molecule has 0 aliphatic carbocycles. The molecule has 0 fully saturated rings. The van der Waals surface area contributed by atoms with E-state index >= 15 is 0 Å². The Bertz CT molecular complexity index is 1270. The van der Waals surface area contributed by atoms with Gasteiger partial charge in [-0.1, -0.05) is 36.4 Å². The summed E-state index contributed by atoms with van der Waals surface area (Å²) in [5, 5.41) is -0.434. The van der Waals surface area contributed by atoms with Crippen molar-refractivity contribution in [1.29, 1.82) is 0 Å². The molecule has 0 bridgehead atoms. The second-order valence-corrected chi connectivity index (χ2v) is 6.89. The molecule has 4 rings (SSSR count). The Morgan fingerprint density at radius 1 is 0.933 bits per heavy atom. The van der Waals surface area contributed by atoms with Crippen molar-refractivity contribution in [1.82, 2.24) is 9.55 Å². The predicted molar refractivity (Wildman–Crippen MR) is 112 cm³/mol. The number of halogens is 3. The molecule has 4 nitrogen and oxygen atoms in total. The molecule has 4 aromatic rings. The fourth-order valence-corrected chi connectivity index (χ4v) is 3.66. The lowest BCUT2D eigenvalue weighted by Crippen LogP contribution is -2.25. The second kappa shape index (κ2) is 7.33. The first-order valence-corrected chi connectivity index (χ1v) is 9.26. The third kappa shape index (κ3) is 3.22. The summed E-state index contributed by atoms with van der Waals surface area (Å²) in [7, 11) is 1.79. The van der Waals surface area contributed by atoms with Crippen molar-refractivity contribution in [3.8, 4) is 5.69 Å². The molecule has 2 aromatic carbocycles. The van der Waals surface area contributed by atoms with Crippen molar-refractivity contribution in [2.45, 2.75) is 13.1 Å². The van der Waals surface area contributed by atoms with Gasteiger partial charge in [0.15, 0.2) is 11.1 Å². The molecule has 0 amide bonds. The Labute approximate surface area is 170 Å². The van der Waals surface area contributed by atoms with Gasteiger partial charge in [-0.25, -0.2) is 0 Å². The first-order chi connectivity index (χ1) is 14.3. The number of benzene rings is 2. The minimum Gasteiger partial charge on any atom is -0.330 e. The smallest absolute Gasteiger partial charge is 0.330 e. The molecule has 0 saturated heterocycles. The fraction of sp³-hybridized carbons (Fsp3) is 0.130. The van der Waals surface area contributed by atoms with Gasteiger partial charge < -0.3 is 4.90 Å². The lowest BCUT2D eigenvalue weighted by atomic mass is 10.1. The van der Waals surface area contributed by atoms with Crippen LogP contribution in [0.1, 0.15) is 11.3 Å². The average molecular weight is 409 g/mol. The summed E-state index contributed by atoms with van der Waals surface area (Å²) in [4.78, 5) is 18.5. The molecule has 152 valence electrons. The zero-order valence-corrected chi connectivity index (χ0v) is 16.3. The van der Waals surface area contributed by atoms with Gasteiger partial charge in [0.1, 0.15) is 5.82 Å². The summed E-state index contributed by atoms with van der Waals surface area (Å²) in [6.45, 7) is 1.54. The van der Waals surface area contributed by atoms with E-state index in [0.717, 1.165) is 11.9 Å². The highest BCUT2D eigenvalue weighted by atomic mass is 19.4. The van der Waals surface area contributed by atoms with Gasteiger partial charge in [0.2, 0.25) is 0 Å². The third-order valence-corrected chi connectivity index (χ3v) is 5.03. The minimum absolute atomic E-state index is 0.150. The largest absolute Gasteiger partial charge is 0.434 e. The lowest BCUT2D eigenvalue weighted by molar-refractivity contribution is -0.139. The zero-order valence-electron chi connectivity index (χ0n) is 16.3. The van der Waals surface area contributed by atoms with Crippen LogP contribution in [-0.4, -0.2) is 16.6 Å². The molecular weight excluding hydrogens is 391 g/mol. The standard InChI is InChI=1S/C23H18F3N3O/c1-15-20(30)19-18(13-14-27-21(19)23(24,25)26)29(17-11-7-4-8-12-17)22(15)28(2)16-9-5-3-6-10-16/h3-14H,1-2H3. The normalized spacial score (nSPS) is 11.6. The number of rotatable bonds is 3. The molecule has 0 radical (unpaired) electrons. The van der Waals surface area contributed by atoms with Crippen LogP contribution in [0.3, 0.4) is 0 Å². The lowest BCUT2D eigenvalue weighted by Gasteiger charge is -2.28. The third-order valence-electron chi connectivity index (χ3n) is 5.03. The van der Waals surface area contributed by atoms with Gasteiger partial charge in [0.05, 0.1) is 10.9 Å². The van der Waals surface area contributed by atoms with Crippen LogP contribution >= 0.6 is 0 Å². The Morgan fingerprint density at radius 3 is 2.13 bits per heavy atom. The SMILES string of the molecule is Cc1c(N(C)c2ccccc2)n(-c2ccccc2)c2ccnc(C(F)(F)F)c2c1=O. The van der Waals surface area contributed by atoms with Gasteiger partial charge in [-0.3, -0.25) is 14.3 Å². The Balaban J connectivity index is 2.18. The highest BCUT2D eigenvalue weighted by Crippen LogP contribution is 2.36. The molecule has 7 heteroatoms. The van der Waals surface area contributed by atoms with Gasteiger partial charge >= 0.3 is 6.18 Å². The summed E-state index contributed by atoms with van der Waals surface area (Å²) >= 11 is 0. The summed E-state index contributed by atoms with van der Waals surface area (Å²) in [6, 6.07) is 19.8. The summed E-state index contributed by atoms with van der Waals surface area (Å²) in [6.07, 6.45) is -3.65. The van der Waals surface area contributed by atoms with Gasteiger partial charge in [-0.2, -0.15) is 13.2 Å². The zero-order chi connectivity index (χ0) is 21.5. The van der Waals surface area contributed by atoms with Crippen LogP contribution in [0.5, 0.6) is 0 Å². The summed E-state index contributed by atoms with van der Waals surface area (Å²) in [5.74, 6) is 0.490. The van der Waals surface area contributed by atoms with E-state index < -0.39 is 22.7 Å². The van der Waals surface area contributed by atoms with E-state index in [4.69, 9.17) is 0 Å². The fourth-order valence-electron chi connectivity index (χ4n) is 3.66. The van der Waals surface area contributed by atoms with Gasteiger partial charge in [-0.05, 0) is 37.3 Å². The van der Waals surface area contributed by atoms with Crippen LogP contribution in [0.4, 0.5) is 24.7 Å². The molecular formula is C23H18F3N3O. The van der Waals surface area contributed by atoms with E-state index in [1.54, 1.807) is 47.7 Å². The van der Waals surface area contributed by atoms with E-state index in [1.807, 2.05) is 36.4 Å². The number of anilines is 2. The number of alkyl halides is 3. The van der Waals surface area contributed by atoms with Crippen molar-refractivity contribution < 1.29 is 13.2 Å². The molecule has 2 aromatic heterocycles. The molecule has 2 heterocycles. The maximum atomic E-state index is 13.7. The number of nitrogens with zero attached hydrogens (tertiary/aromatic N) is 3. The molecule has 0 N–H and O–H groups in total. The van der Waals surface area contributed by atoms with Crippen LogP contribution in [0.15, 0.2) is 77.7 Å². The van der Waals surface area contributed by atoms with E-state index in [2.05, 4.69) is 4.98 Å². The number of para-hydroxylation sites is 2. The Hall–Kier alpha value is -3.61. The predicted octanol–water partition coefficient (Wildman–Crippen LogP) is 5.48. The van der Waals surface area contributed by atoms with Gasteiger partial charge in [-0.15, -0.1) is 0 Å². The average Bonchev–Trinajstić information content (AvgIpc) is 2.75. The van der Waals surface area contributed by atoms with Crippen LogP contribution in [0, 0.1) is 6.92 Å². The molecule has 0 atom stereocenters. The summed E-state index contributed by atoms with van der Waals surface area (Å²) in [5.41, 5.74) is -0.0629. The van der Waals surface area contributed by atoms with Crippen molar-refractivity contribution in [2.24, 2.45) is 0 Å². The molecule has 0 saturated carbocycles. The first kappa shape index (κ1) is 19.7. The summed E-state index contributed by atoms with van der Waals surface area (Å²) < 4.78 is 42.7. The van der Waals surface area contributed by atoms with Gasteiger partial charge in [0, 0.05) is 30.2 Å². The van der Waals surface area contributed by atoms with Crippen LogP contribution < -0.4 is 10.3 Å². The Morgan fingerprint density at radius 2 is 1.53 bits per heavy atom. The molecule has 30 heavy (non-hydrogen) atoms. The number of hydrogen-bond acceptors (Lipinski definition) is 3. The number of hydrogen-bond donors (Lipinski definition) is 0. The van der Waals surface area contributed by atoms with Crippen molar-refractivity contribution >= 4 is 22.4 Å². The van der Waals surface area contributed by atoms with E-state index in [1.165, 1.54) is 6.07 Å². The number of aromatic nitrogens is 2. The quantitative estimate of drug-likeness (QED) is 0.450. The maximum absolute atomic E-state index is 13.7. The molecule has 0 spiro atoms. The van der Waals surface area contributed by atoms with Gasteiger partial charge in [0.25, 0.3) is 0 Å². The van der Waals surface area contributed by atoms with E-state index in [9.17, 15) is 18.0 Å². The highest BCUT2D eigenvalue weighted by molar-refractivity contribution is 5.88. The van der Waals surface area contributed by atoms with E-state index in [0.29, 0.717) is 11.5 Å².